The molecular formula is C12H13ClN4O. The van der Waals surface area contributed by atoms with Crippen LogP contribution in [0.2, 0.25) is 5.02 Å². The first-order valence-corrected chi connectivity index (χ1v) is 5.73. The van der Waals surface area contributed by atoms with Gasteiger partial charge in [-0.05, 0) is 19.1 Å². The molecule has 0 atom stereocenters. The third-order valence-corrected chi connectivity index (χ3v) is 2.94. The van der Waals surface area contributed by atoms with Gasteiger partial charge in [0, 0.05) is 7.05 Å². The number of aryl methyl sites for hydroxylation is 2. The number of rotatable bonds is 2. The monoisotopic (exact) mass is 264 g/mol. The highest BCUT2D eigenvalue weighted by Crippen LogP contribution is 2.22. The Morgan fingerprint density at radius 3 is 2.67 bits per heavy atom. The molecule has 0 radical (unpaired) electrons. The molecule has 2 aromatic rings. The molecule has 0 saturated heterocycles. The molecule has 0 unspecified atom stereocenters. The van der Waals surface area contributed by atoms with E-state index in [1.54, 1.807) is 38.2 Å². The van der Waals surface area contributed by atoms with Gasteiger partial charge in [-0.2, -0.15) is 5.10 Å². The molecule has 1 aromatic carbocycles. The number of hydrogen-bond donors (Lipinski definition) is 2. The lowest BCUT2D eigenvalue weighted by molar-refractivity contribution is 0.101. The van der Waals surface area contributed by atoms with Crippen LogP contribution in [0.1, 0.15) is 16.2 Å². The van der Waals surface area contributed by atoms with Crippen LogP contribution in [0.3, 0.4) is 0 Å². The molecule has 0 spiro atoms. The van der Waals surface area contributed by atoms with Crippen molar-refractivity contribution in [1.82, 2.24) is 9.78 Å². The van der Waals surface area contributed by atoms with Crippen LogP contribution in [0.5, 0.6) is 0 Å². The van der Waals surface area contributed by atoms with Gasteiger partial charge in [0.1, 0.15) is 5.69 Å². The van der Waals surface area contributed by atoms with E-state index < -0.39 is 0 Å². The first-order valence-electron chi connectivity index (χ1n) is 5.35. The highest BCUT2D eigenvalue weighted by Gasteiger charge is 2.18. The van der Waals surface area contributed by atoms with Crippen molar-refractivity contribution in [3.63, 3.8) is 0 Å². The van der Waals surface area contributed by atoms with Crippen LogP contribution >= 0.6 is 11.6 Å². The van der Waals surface area contributed by atoms with E-state index >= 15 is 0 Å². The van der Waals surface area contributed by atoms with E-state index in [1.807, 2.05) is 0 Å². The molecule has 0 aliphatic heterocycles. The summed E-state index contributed by atoms with van der Waals surface area (Å²) in [6.45, 7) is 1.75. The van der Waals surface area contributed by atoms with Gasteiger partial charge in [-0.3, -0.25) is 9.48 Å². The minimum Gasteiger partial charge on any atom is -0.395 e. The summed E-state index contributed by atoms with van der Waals surface area (Å²) < 4.78 is 1.46. The summed E-state index contributed by atoms with van der Waals surface area (Å²) in [5.74, 6) is -0.330. The second-order valence-corrected chi connectivity index (χ2v) is 4.31. The Balaban J connectivity index is 2.31. The average Bonchev–Trinajstić information content (AvgIpc) is 2.56. The van der Waals surface area contributed by atoms with Crippen molar-refractivity contribution in [2.24, 2.45) is 7.05 Å². The molecule has 5 nitrogen and oxygen atoms in total. The lowest BCUT2D eigenvalue weighted by Crippen LogP contribution is -2.17. The lowest BCUT2D eigenvalue weighted by Gasteiger charge is -2.07. The second-order valence-electron chi connectivity index (χ2n) is 3.91. The summed E-state index contributed by atoms with van der Waals surface area (Å²) in [4.78, 5) is 12.1. The third kappa shape index (κ3) is 2.17. The Hall–Kier alpha value is -2.01. The smallest absolute Gasteiger partial charge is 0.276 e. The Labute approximate surface area is 110 Å². The topological polar surface area (TPSA) is 72.9 Å². The number of nitrogens with zero attached hydrogens (tertiary/aromatic N) is 2. The van der Waals surface area contributed by atoms with Crippen molar-refractivity contribution in [2.75, 3.05) is 11.1 Å². The zero-order valence-electron chi connectivity index (χ0n) is 10.1. The van der Waals surface area contributed by atoms with Crippen LogP contribution in [0.15, 0.2) is 24.3 Å². The molecule has 1 aromatic heterocycles. The number of amides is 1. The molecule has 0 aliphatic rings. The van der Waals surface area contributed by atoms with Gasteiger partial charge in [-0.1, -0.05) is 23.7 Å². The molecule has 3 N–H and O–H groups in total. The minimum absolute atomic E-state index is 0.326. The molecule has 1 heterocycles. The molecule has 2 rings (SSSR count). The fraction of sp³-hybridized carbons (Fsp3) is 0.167. The van der Waals surface area contributed by atoms with Crippen molar-refractivity contribution < 1.29 is 4.79 Å². The van der Waals surface area contributed by atoms with Crippen LogP contribution in [-0.4, -0.2) is 15.7 Å². The first-order chi connectivity index (χ1) is 8.50. The predicted octanol–water partition coefficient (Wildman–Crippen LogP) is 2.22. The summed E-state index contributed by atoms with van der Waals surface area (Å²) in [5, 5.41) is 7.28. The maximum atomic E-state index is 12.1. The van der Waals surface area contributed by atoms with Gasteiger partial charge < -0.3 is 11.1 Å². The fourth-order valence-electron chi connectivity index (χ4n) is 1.69. The number of nitrogens with two attached hydrogens (primary N) is 1. The van der Waals surface area contributed by atoms with E-state index in [-0.39, 0.29) is 5.91 Å². The summed E-state index contributed by atoms with van der Waals surface area (Å²) in [6.07, 6.45) is 0. The van der Waals surface area contributed by atoms with E-state index in [0.29, 0.717) is 27.8 Å². The van der Waals surface area contributed by atoms with Crippen LogP contribution in [-0.2, 0) is 7.05 Å². The fourth-order valence-corrected chi connectivity index (χ4v) is 1.87. The lowest BCUT2D eigenvalue weighted by atomic mass is 10.2. The molecule has 6 heteroatoms. The summed E-state index contributed by atoms with van der Waals surface area (Å²) in [7, 11) is 1.67. The maximum absolute atomic E-state index is 12.1. The number of anilines is 2. The maximum Gasteiger partial charge on any atom is 0.276 e. The highest BCUT2D eigenvalue weighted by atomic mass is 35.5. The van der Waals surface area contributed by atoms with Crippen molar-refractivity contribution in [3.05, 3.63) is 40.7 Å². The largest absolute Gasteiger partial charge is 0.395 e. The van der Waals surface area contributed by atoms with Gasteiger partial charge in [-0.15, -0.1) is 0 Å². The molecule has 18 heavy (non-hydrogen) atoms. The molecule has 1 amide bonds. The van der Waals surface area contributed by atoms with Gasteiger partial charge in [0.15, 0.2) is 0 Å². The van der Waals surface area contributed by atoms with Crippen molar-refractivity contribution >= 4 is 28.9 Å². The summed E-state index contributed by atoms with van der Waals surface area (Å²) >= 11 is 5.97. The third-order valence-electron chi connectivity index (χ3n) is 2.61. The second kappa shape index (κ2) is 4.70. The molecule has 0 saturated carbocycles. The number of halogens is 1. The Morgan fingerprint density at radius 1 is 1.44 bits per heavy atom. The number of aromatic nitrogens is 2. The van der Waals surface area contributed by atoms with Gasteiger partial charge in [-0.25, -0.2) is 0 Å². The van der Waals surface area contributed by atoms with Gasteiger partial charge in [0.05, 0.1) is 22.1 Å². The number of hydrogen-bond acceptors (Lipinski definition) is 3. The van der Waals surface area contributed by atoms with Crippen LogP contribution < -0.4 is 11.1 Å². The standard InChI is InChI=1S/C12H13ClN4O/c1-7-10(14)11(17(2)16-7)12(18)15-9-6-4-3-5-8(9)13/h3-6H,14H2,1-2H3,(H,15,18). The zero-order chi connectivity index (χ0) is 13.3. The first kappa shape index (κ1) is 12.4. The van der Waals surface area contributed by atoms with Crippen LogP contribution in [0, 0.1) is 6.92 Å². The number of benzene rings is 1. The molecule has 94 valence electrons. The SMILES string of the molecule is Cc1nn(C)c(C(=O)Nc2ccccc2Cl)c1N. The van der Waals surface area contributed by atoms with E-state index in [4.69, 9.17) is 17.3 Å². The normalized spacial score (nSPS) is 10.4. The van der Waals surface area contributed by atoms with Gasteiger partial charge in [0.25, 0.3) is 5.91 Å². The quantitative estimate of drug-likeness (QED) is 0.873. The van der Waals surface area contributed by atoms with Crippen molar-refractivity contribution in [2.45, 2.75) is 6.92 Å². The predicted molar refractivity (Wildman–Crippen MR) is 71.8 cm³/mol. The summed E-state index contributed by atoms with van der Waals surface area (Å²) in [5.41, 5.74) is 7.69. The average molecular weight is 265 g/mol. The van der Waals surface area contributed by atoms with Crippen molar-refractivity contribution in [1.29, 1.82) is 0 Å². The van der Waals surface area contributed by atoms with Crippen LogP contribution in [0.4, 0.5) is 11.4 Å². The van der Waals surface area contributed by atoms with E-state index in [1.165, 1.54) is 4.68 Å². The number of para-hydroxylation sites is 1. The van der Waals surface area contributed by atoms with Gasteiger partial charge in [0.2, 0.25) is 0 Å². The van der Waals surface area contributed by atoms with Gasteiger partial charge >= 0.3 is 0 Å². The van der Waals surface area contributed by atoms with Crippen LogP contribution in [0.25, 0.3) is 0 Å². The summed E-state index contributed by atoms with van der Waals surface area (Å²) in [6, 6.07) is 7.01. The molecule has 0 aliphatic carbocycles. The molecular weight excluding hydrogens is 252 g/mol. The zero-order valence-corrected chi connectivity index (χ0v) is 10.8. The highest BCUT2D eigenvalue weighted by molar-refractivity contribution is 6.33. The van der Waals surface area contributed by atoms with Crippen molar-refractivity contribution in [3.8, 4) is 0 Å². The van der Waals surface area contributed by atoms with E-state index in [0.717, 1.165) is 0 Å². The Morgan fingerprint density at radius 2 is 2.11 bits per heavy atom. The Bertz CT molecular complexity index is 606. The molecule has 0 fully saturated rings. The number of carbonyl (C=O) groups is 1. The minimum atomic E-state index is -0.330. The number of nitrogen functional groups attached to an aromatic ring is 1. The van der Waals surface area contributed by atoms with E-state index in [9.17, 15) is 4.79 Å². The number of nitrogens with one attached hydrogen (secondary N) is 1. The Kier molecular flexibility index (Phi) is 3.25. The number of carbonyl (C=O) groups excluding carboxylic acids is 1. The molecule has 0 bridgehead atoms. The van der Waals surface area contributed by atoms with E-state index in [2.05, 4.69) is 10.4 Å².